The Kier molecular flexibility index (Phi) is 5.14. The highest BCUT2D eigenvalue weighted by Crippen LogP contribution is 2.25. The lowest BCUT2D eigenvalue weighted by Gasteiger charge is -2.12. The first-order valence-corrected chi connectivity index (χ1v) is 6.29. The highest BCUT2D eigenvalue weighted by molar-refractivity contribution is 8.00. The molecule has 0 aromatic rings. The van der Waals surface area contributed by atoms with E-state index in [9.17, 15) is 19.2 Å². The van der Waals surface area contributed by atoms with Crippen molar-refractivity contribution in [3.05, 3.63) is 0 Å². The maximum atomic E-state index is 11.7. The zero-order chi connectivity index (χ0) is 12.8. The third-order valence-electron chi connectivity index (χ3n) is 2.34. The minimum atomic E-state index is -0.437. The quantitative estimate of drug-likeness (QED) is 0.481. The normalized spacial score (nSPS) is 19.8. The fourth-order valence-electron chi connectivity index (χ4n) is 1.50. The van der Waals surface area contributed by atoms with Gasteiger partial charge in [-0.3, -0.25) is 19.3 Å². The van der Waals surface area contributed by atoms with Crippen LogP contribution in [-0.4, -0.2) is 46.5 Å². The Morgan fingerprint density at radius 2 is 2.24 bits per heavy atom. The van der Waals surface area contributed by atoms with Gasteiger partial charge in [-0.2, -0.15) is 0 Å². The second-order valence-electron chi connectivity index (χ2n) is 3.62. The van der Waals surface area contributed by atoms with Crippen LogP contribution in [-0.2, 0) is 19.2 Å². The fraction of sp³-hybridized carbons (Fsp3) is 0.600. The fourth-order valence-corrected chi connectivity index (χ4v) is 2.64. The lowest BCUT2D eigenvalue weighted by atomic mass is 10.4. The summed E-state index contributed by atoms with van der Waals surface area (Å²) in [6.45, 7) is 0.147. The summed E-state index contributed by atoms with van der Waals surface area (Å²) in [6.07, 6.45) is 1.17. The molecule has 6 nitrogen and oxygen atoms in total. The number of hydrogen-bond donors (Lipinski definition) is 1. The molecule has 0 aromatic carbocycles. The molecule has 1 atom stereocenters. The van der Waals surface area contributed by atoms with Gasteiger partial charge in [0.15, 0.2) is 0 Å². The van der Waals surface area contributed by atoms with E-state index in [1.165, 1.54) is 11.8 Å². The van der Waals surface area contributed by atoms with Crippen LogP contribution >= 0.6 is 11.8 Å². The van der Waals surface area contributed by atoms with Crippen molar-refractivity contribution in [3.8, 4) is 0 Å². The molecule has 1 unspecified atom stereocenters. The summed E-state index contributed by atoms with van der Waals surface area (Å²) in [7, 11) is 0. The molecule has 3 amide bonds. The van der Waals surface area contributed by atoms with Gasteiger partial charge in [0.2, 0.25) is 17.7 Å². The molecule has 0 saturated carbocycles. The Hall–Kier alpha value is -1.37. The number of amides is 3. The molecule has 0 bridgehead atoms. The van der Waals surface area contributed by atoms with Crippen LogP contribution in [0, 0.1) is 0 Å². The standard InChI is InChI=1S/C10H14N2O4S/c11-8(14)2-5-17-7-6-9(15)12(10(7)16)3-1-4-13/h4,7H,1-3,5-6H2,(H2,11,14). The summed E-state index contributed by atoms with van der Waals surface area (Å²) in [5.74, 6) is -0.521. The van der Waals surface area contributed by atoms with Gasteiger partial charge in [-0.15, -0.1) is 11.8 Å². The van der Waals surface area contributed by atoms with Gasteiger partial charge in [0.1, 0.15) is 6.29 Å². The monoisotopic (exact) mass is 258 g/mol. The van der Waals surface area contributed by atoms with Gasteiger partial charge < -0.3 is 10.5 Å². The van der Waals surface area contributed by atoms with Crippen LogP contribution in [0.5, 0.6) is 0 Å². The van der Waals surface area contributed by atoms with E-state index in [0.29, 0.717) is 12.0 Å². The summed E-state index contributed by atoms with van der Waals surface area (Å²) in [5, 5.41) is -0.437. The van der Waals surface area contributed by atoms with Crippen LogP contribution in [0.3, 0.4) is 0 Å². The summed E-state index contributed by atoms with van der Waals surface area (Å²) in [5.41, 5.74) is 4.98. The maximum Gasteiger partial charge on any atom is 0.242 e. The van der Waals surface area contributed by atoms with E-state index in [1.54, 1.807) is 0 Å². The molecular formula is C10H14N2O4S. The van der Waals surface area contributed by atoms with Crippen molar-refractivity contribution in [1.82, 2.24) is 4.90 Å². The lowest BCUT2D eigenvalue weighted by Crippen LogP contribution is -2.32. The molecule has 0 aromatic heterocycles. The van der Waals surface area contributed by atoms with Crippen molar-refractivity contribution >= 4 is 35.8 Å². The van der Waals surface area contributed by atoms with Crippen molar-refractivity contribution in [2.24, 2.45) is 5.73 Å². The second-order valence-corrected chi connectivity index (χ2v) is 4.93. The predicted molar refractivity (Wildman–Crippen MR) is 62.1 cm³/mol. The number of rotatable bonds is 7. The largest absolute Gasteiger partial charge is 0.370 e. The van der Waals surface area contributed by atoms with E-state index in [1.807, 2.05) is 0 Å². The zero-order valence-electron chi connectivity index (χ0n) is 9.26. The van der Waals surface area contributed by atoms with Crippen molar-refractivity contribution in [1.29, 1.82) is 0 Å². The first kappa shape index (κ1) is 13.7. The van der Waals surface area contributed by atoms with Crippen LogP contribution in [0.25, 0.3) is 0 Å². The van der Waals surface area contributed by atoms with Crippen LogP contribution in [0.15, 0.2) is 0 Å². The summed E-state index contributed by atoms with van der Waals surface area (Å²) < 4.78 is 0. The molecule has 94 valence electrons. The lowest BCUT2D eigenvalue weighted by molar-refractivity contribution is -0.138. The van der Waals surface area contributed by atoms with E-state index < -0.39 is 11.2 Å². The van der Waals surface area contributed by atoms with E-state index in [4.69, 9.17) is 5.73 Å². The van der Waals surface area contributed by atoms with Gasteiger partial charge in [0.05, 0.1) is 5.25 Å². The summed E-state index contributed by atoms with van der Waals surface area (Å²) in [4.78, 5) is 45.1. The van der Waals surface area contributed by atoms with Crippen LogP contribution in [0.1, 0.15) is 19.3 Å². The van der Waals surface area contributed by atoms with Gasteiger partial charge in [-0.25, -0.2) is 0 Å². The smallest absolute Gasteiger partial charge is 0.242 e. The van der Waals surface area contributed by atoms with E-state index in [0.717, 1.165) is 4.90 Å². The van der Waals surface area contributed by atoms with E-state index in [-0.39, 0.29) is 37.6 Å². The number of carbonyl (C=O) groups excluding carboxylic acids is 4. The first-order valence-electron chi connectivity index (χ1n) is 5.24. The van der Waals surface area contributed by atoms with Crippen molar-refractivity contribution < 1.29 is 19.2 Å². The first-order chi connectivity index (χ1) is 8.06. The number of thioether (sulfide) groups is 1. The second kappa shape index (κ2) is 6.39. The Morgan fingerprint density at radius 1 is 1.53 bits per heavy atom. The molecule has 1 heterocycles. The minimum absolute atomic E-state index is 0.140. The molecule has 1 rings (SSSR count). The van der Waals surface area contributed by atoms with Gasteiger partial charge in [-0.1, -0.05) is 0 Å². The summed E-state index contributed by atoms with van der Waals surface area (Å²) >= 11 is 1.26. The zero-order valence-corrected chi connectivity index (χ0v) is 10.1. The number of imide groups is 1. The van der Waals surface area contributed by atoms with Gasteiger partial charge >= 0.3 is 0 Å². The van der Waals surface area contributed by atoms with Crippen LogP contribution < -0.4 is 5.73 Å². The molecule has 17 heavy (non-hydrogen) atoms. The highest BCUT2D eigenvalue weighted by atomic mass is 32.2. The highest BCUT2D eigenvalue weighted by Gasteiger charge is 2.38. The predicted octanol–water partition coefficient (Wildman–Crippen LogP) is -0.689. The number of hydrogen-bond acceptors (Lipinski definition) is 5. The molecule has 0 aliphatic carbocycles. The average molecular weight is 258 g/mol. The van der Waals surface area contributed by atoms with Crippen LogP contribution in [0.2, 0.25) is 0 Å². The minimum Gasteiger partial charge on any atom is -0.370 e. The van der Waals surface area contributed by atoms with Crippen molar-refractivity contribution in [2.45, 2.75) is 24.5 Å². The van der Waals surface area contributed by atoms with Crippen molar-refractivity contribution in [3.63, 3.8) is 0 Å². The Bertz CT molecular complexity index is 345. The number of likely N-dealkylation sites (tertiary alicyclic amines) is 1. The molecule has 1 fully saturated rings. The molecule has 1 saturated heterocycles. The average Bonchev–Trinajstić information content (AvgIpc) is 2.52. The molecular weight excluding hydrogens is 244 g/mol. The van der Waals surface area contributed by atoms with Gasteiger partial charge in [0, 0.05) is 31.6 Å². The molecule has 0 radical (unpaired) electrons. The number of aldehydes is 1. The summed E-state index contributed by atoms with van der Waals surface area (Å²) in [6, 6.07) is 0. The number of primary amides is 1. The maximum absolute atomic E-state index is 11.7. The molecule has 7 heteroatoms. The molecule has 1 aliphatic rings. The number of nitrogens with zero attached hydrogens (tertiary/aromatic N) is 1. The number of carbonyl (C=O) groups is 4. The molecule has 1 aliphatic heterocycles. The Labute approximate surface area is 103 Å². The topological polar surface area (TPSA) is 97.5 Å². The SMILES string of the molecule is NC(=O)CCSC1CC(=O)N(CCC=O)C1=O. The molecule has 0 spiro atoms. The van der Waals surface area contributed by atoms with Crippen molar-refractivity contribution in [2.75, 3.05) is 12.3 Å². The Balaban J connectivity index is 2.43. The van der Waals surface area contributed by atoms with Gasteiger partial charge in [0.25, 0.3) is 0 Å². The third kappa shape index (κ3) is 3.85. The molecule has 2 N–H and O–H groups in total. The Morgan fingerprint density at radius 3 is 2.82 bits per heavy atom. The van der Waals surface area contributed by atoms with E-state index >= 15 is 0 Å². The number of nitrogens with two attached hydrogens (primary N) is 1. The van der Waals surface area contributed by atoms with Gasteiger partial charge in [-0.05, 0) is 0 Å². The van der Waals surface area contributed by atoms with E-state index in [2.05, 4.69) is 0 Å². The third-order valence-corrected chi connectivity index (χ3v) is 3.55. The van der Waals surface area contributed by atoms with Crippen LogP contribution in [0.4, 0.5) is 0 Å².